The van der Waals surface area contributed by atoms with Crippen molar-refractivity contribution in [3.63, 3.8) is 0 Å². The van der Waals surface area contributed by atoms with Gasteiger partial charge in [-0.05, 0) is 51.8 Å². The van der Waals surface area contributed by atoms with Crippen LogP contribution in [0.4, 0.5) is 24.7 Å². The monoisotopic (exact) mass is 484 g/mol. The van der Waals surface area contributed by atoms with E-state index < -0.39 is 29.3 Å². The molecule has 3 aromatic rings. The number of carbonyl (C=O) groups is 1. The number of hydrogen-bond acceptors (Lipinski definition) is 5. The number of amides is 1. The fourth-order valence-electron chi connectivity index (χ4n) is 5.09. The molecule has 0 spiro atoms. The molecule has 2 atom stereocenters. The van der Waals surface area contributed by atoms with E-state index in [0.29, 0.717) is 24.7 Å². The van der Waals surface area contributed by atoms with Crippen molar-refractivity contribution in [2.75, 3.05) is 23.4 Å². The van der Waals surface area contributed by atoms with Crippen molar-refractivity contribution in [3.8, 4) is 0 Å². The first-order chi connectivity index (χ1) is 16.6. The predicted octanol–water partition coefficient (Wildman–Crippen LogP) is 5.60. The highest BCUT2D eigenvalue weighted by atomic mass is 19.3. The van der Waals surface area contributed by atoms with E-state index in [1.54, 1.807) is 6.92 Å². The van der Waals surface area contributed by atoms with Gasteiger partial charge in [-0.3, -0.25) is 4.79 Å². The molecule has 6 nitrogen and oxygen atoms in total. The lowest BCUT2D eigenvalue weighted by atomic mass is 9.85. The third kappa shape index (κ3) is 3.73. The Labute approximate surface area is 201 Å². The summed E-state index contributed by atoms with van der Waals surface area (Å²) in [5.74, 6) is -0.527. The van der Waals surface area contributed by atoms with Gasteiger partial charge in [0.15, 0.2) is 5.82 Å². The van der Waals surface area contributed by atoms with E-state index >= 15 is 0 Å². The standard InChI is InChI=1S/C26H27F3N4O2/c1-13(16-6-5-7-17(22(16)27)23(28)29)30-24-19-11-21-20(10-18(19)14(2)31-32-24)26(3,4)25(34)33(21)15-8-9-35-12-15/h5-7,10-11,13,15,23H,8-9,12H2,1-4H3,(H,30,32)/t13-,15+/m1/s1. The topological polar surface area (TPSA) is 67.4 Å². The summed E-state index contributed by atoms with van der Waals surface area (Å²) < 4.78 is 46.8. The predicted molar refractivity (Wildman–Crippen MR) is 127 cm³/mol. The van der Waals surface area contributed by atoms with Crippen LogP contribution in [-0.4, -0.2) is 35.4 Å². The fraction of sp³-hybridized carbons (Fsp3) is 0.423. The first-order valence-corrected chi connectivity index (χ1v) is 11.7. The van der Waals surface area contributed by atoms with Crippen LogP contribution < -0.4 is 10.2 Å². The van der Waals surface area contributed by atoms with E-state index in [0.717, 1.165) is 34.5 Å². The molecule has 9 heteroatoms. The molecule has 0 unspecified atom stereocenters. The second-order valence-corrected chi connectivity index (χ2v) is 9.78. The van der Waals surface area contributed by atoms with Crippen LogP contribution >= 0.6 is 0 Å². The third-order valence-corrected chi connectivity index (χ3v) is 7.15. The molecule has 184 valence electrons. The second kappa shape index (κ2) is 8.48. The van der Waals surface area contributed by atoms with Gasteiger partial charge < -0.3 is 15.0 Å². The Morgan fingerprint density at radius 1 is 1.17 bits per heavy atom. The summed E-state index contributed by atoms with van der Waals surface area (Å²) in [4.78, 5) is 15.3. The zero-order valence-electron chi connectivity index (χ0n) is 20.0. The Bertz CT molecular complexity index is 1320. The van der Waals surface area contributed by atoms with Crippen LogP contribution in [0.1, 0.15) is 62.0 Å². The van der Waals surface area contributed by atoms with E-state index in [4.69, 9.17) is 4.74 Å². The average molecular weight is 485 g/mol. The molecule has 1 saturated heterocycles. The highest BCUT2D eigenvalue weighted by molar-refractivity contribution is 6.11. The lowest BCUT2D eigenvalue weighted by Gasteiger charge is -2.25. The van der Waals surface area contributed by atoms with Crippen molar-refractivity contribution in [1.29, 1.82) is 0 Å². The molecule has 0 bridgehead atoms. The first kappa shape index (κ1) is 23.5. The lowest BCUT2D eigenvalue weighted by Crippen LogP contribution is -2.43. The van der Waals surface area contributed by atoms with Gasteiger partial charge in [0.25, 0.3) is 6.43 Å². The van der Waals surface area contributed by atoms with Crippen LogP contribution in [-0.2, 0) is 14.9 Å². The number of anilines is 2. The van der Waals surface area contributed by atoms with E-state index in [2.05, 4.69) is 15.5 Å². The number of carbonyl (C=O) groups excluding carboxylic acids is 1. The number of nitrogens with one attached hydrogen (secondary N) is 1. The molecule has 0 aliphatic carbocycles. The number of aryl methyl sites for hydroxylation is 1. The first-order valence-electron chi connectivity index (χ1n) is 11.7. The van der Waals surface area contributed by atoms with Crippen molar-refractivity contribution >= 4 is 28.2 Å². The van der Waals surface area contributed by atoms with E-state index in [1.165, 1.54) is 12.1 Å². The Morgan fingerprint density at radius 3 is 2.60 bits per heavy atom. The fourth-order valence-corrected chi connectivity index (χ4v) is 5.09. The van der Waals surface area contributed by atoms with Crippen molar-refractivity contribution in [2.24, 2.45) is 0 Å². The number of alkyl halides is 2. The molecule has 2 aliphatic heterocycles. The van der Waals surface area contributed by atoms with Gasteiger partial charge in [-0.25, -0.2) is 13.2 Å². The van der Waals surface area contributed by atoms with Gasteiger partial charge in [0.05, 0.1) is 35.4 Å². The second-order valence-electron chi connectivity index (χ2n) is 9.78. The largest absolute Gasteiger partial charge is 0.379 e. The Kier molecular flexibility index (Phi) is 5.70. The third-order valence-electron chi connectivity index (χ3n) is 7.15. The molecule has 2 aliphatic rings. The van der Waals surface area contributed by atoms with Gasteiger partial charge >= 0.3 is 0 Å². The molecule has 2 aromatic carbocycles. The molecule has 35 heavy (non-hydrogen) atoms. The Morgan fingerprint density at radius 2 is 1.91 bits per heavy atom. The summed E-state index contributed by atoms with van der Waals surface area (Å²) in [6, 6.07) is 7.19. The number of ether oxygens (including phenoxy) is 1. The molecule has 3 heterocycles. The maximum atomic E-state index is 14.8. The summed E-state index contributed by atoms with van der Waals surface area (Å²) in [6.45, 7) is 8.45. The number of aromatic nitrogens is 2. The summed E-state index contributed by atoms with van der Waals surface area (Å²) in [6.07, 6.45) is -2.15. The molecule has 1 N–H and O–H groups in total. The molecule has 0 saturated carbocycles. The number of fused-ring (bicyclic) bond motifs is 2. The van der Waals surface area contributed by atoms with Crippen molar-refractivity contribution in [1.82, 2.24) is 10.2 Å². The smallest absolute Gasteiger partial charge is 0.266 e. The number of rotatable bonds is 5. The number of benzene rings is 2. The van der Waals surface area contributed by atoms with Crippen LogP contribution in [0.3, 0.4) is 0 Å². The minimum absolute atomic E-state index is 0.0191. The molecule has 1 amide bonds. The van der Waals surface area contributed by atoms with Gasteiger partial charge in [-0.2, -0.15) is 5.10 Å². The SMILES string of the molecule is Cc1nnc(N[C@H](C)c2cccc(C(F)F)c2F)c2cc3c(cc12)C(C)(C)C(=O)N3[C@H]1CCOC1. The highest BCUT2D eigenvalue weighted by Crippen LogP contribution is 2.46. The summed E-state index contributed by atoms with van der Waals surface area (Å²) in [7, 11) is 0. The van der Waals surface area contributed by atoms with E-state index in [-0.39, 0.29) is 17.5 Å². The van der Waals surface area contributed by atoms with Crippen LogP contribution in [0.2, 0.25) is 0 Å². The minimum Gasteiger partial charge on any atom is -0.379 e. The summed E-state index contributed by atoms with van der Waals surface area (Å²) >= 11 is 0. The minimum atomic E-state index is -2.91. The summed E-state index contributed by atoms with van der Waals surface area (Å²) in [5, 5.41) is 13.3. The van der Waals surface area contributed by atoms with Crippen LogP contribution in [0.25, 0.3) is 10.8 Å². The quantitative estimate of drug-likeness (QED) is 0.511. The van der Waals surface area contributed by atoms with Crippen LogP contribution in [0.5, 0.6) is 0 Å². The molecule has 0 radical (unpaired) electrons. The van der Waals surface area contributed by atoms with Gasteiger partial charge in [0.1, 0.15) is 5.82 Å². The van der Waals surface area contributed by atoms with Gasteiger partial charge in [-0.1, -0.05) is 18.2 Å². The van der Waals surface area contributed by atoms with Gasteiger partial charge in [-0.15, -0.1) is 5.10 Å². The molecule has 5 rings (SSSR count). The molecular weight excluding hydrogens is 457 g/mol. The zero-order chi connectivity index (χ0) is 25.1. The number of nitrogens with zero attached hydrogens (tertiary/aromatic N) is 3. The van der Waals surface area contributed by atoms with E-state index in [9.17, 15) is 18.0 Å². The highest BCUT2D eigenvalue weighted by Gasteiger charge is 2.47. The van der Waals surface area contributed by atoms with Crippen LogP contribution in [0.15, 0.2) is 30.3 Å². The summed E-state index contributed by atoms with van der Waals surface area (Å²) in [5.41, 5.74) is 1.17. The Hall–Kier alpha value is -3.20. The Balaban J connectivity index is 1.60. The number of hydrogen-bond donors (Lipinski definition) is 1. The van der Waals surface area contributed by atoms with Crippen molar-refractivity contribution < 1.29 is 22.7 Å². The maximum absolute atomic E-state index is 14.8. The molecular formula is C26H27F3N4O2. The average Bonchev–Trinajstić information content (AvgIpc) is 3.40. The van der Waals surface area contributed by atoms with Crippen molar-refractivity contribution in [2.45, 2.75) is 58.0 Å². The van der Waals surface area contributed by atoms with E-state index in [1.807, 2.05) is 37.8 Å². The van der Waals surface area contributed by atoms with Gasteiger partial charge in [0.2, 0.25) is 5.91 Å². The molecule has 1 fully saturated rings. The van der Waals surface area contributed by atoms with Gasteiger partial charge in [0, 0.05) is 28.6 Å². The molecule has 1 aromatic heterocycles. The van der Waals surface area contributed by atoms with Crippen molar-refractivity contribution in [3.05, 3.63) is 58.5 Å². The lowest BCUT2D eigenvalue weighted by molar-refractivity contribution is -0.122. The normalized spacial score (nSPS) is 20.1. The number of halogens is 3. The maximum Gasteiger partial charge on any atom is 0.266 e. The zero-order valence-corrected chi connectivity index (χ0v) is 20.0. The van der Waals surface area contributed by atoms with Crippen LogP contribution in [0, 0.1) is 12.7 Å².